The smallest absolute Gasteiger partial charge is 0.242 e. The summed E-state index contributed by atoms with van der Waals surface area (Å²) in [6.45, 7) is 2.89. The van der Waals surface area contributed by atoms with Gasteiger partial charge in [-0.15, -0.1) is 12.4 Å². The van der Waals surface area contributed by atoms with Crippen molar-refractivity contribution < 1.29 is 13.2 Å². The van der Waals surface area contributed by atoms with E-state index in [9.17, 15) is 8.42 Å². The van der Waals surface area contributed by atoms with Gasteiger partial charge in [-0.05, 0) is 54.4 Å². The fourth-order valence-corrected chi connectivity index (χ4v) is 5.04. The summed E-state index contributed by atoms with van der Waals surface area (Å²) in [4.78, 5) is 0.117. The van der Waals surface area contributed by atoms with Crippen LogP contribution in [0.4, 0.5) is 0 Å². The SMILES string of the molecule is COc1cc(Br)c(S(=O)(=O)NC2CCCNC2C)cc1Cl.Cl. The Balaban J connectivity index is 0.00000242. The van der Waals surface area contributed by atoms with E-state index in [4.69, 9.17) is 16.3 Å². The molecule has 1 saturated heterocycles. The minimum absolute atomic E-state index is 0. The number of rotatable bonds is 4. The lowest BCUT2D eigenvalue weighted by atomic mass is 10.0. The number of methoxy groups -OCH3 is 1. The van der Waals surface area contributed by atoms with Crippen LogP contribution in [-0.2, 0) is 10.0 Å². The van der Waals surface area contributed by atoms with Crippen LogP contribution in [0.2, 0.25) is 5.02 Å². The van der Waals surface area contributed by atoms with E-state index in [1.807, 2.05) is 6.92 Å². The Morgan fingerprint density at radius 1 is 1.45 bits per heavy atom. The topological polar surface area (TPSA) is 67.4 Å². The summed E-state index contributed by atoms with van der Waals surface area (Å²) >= 11 is 9.29. The van der Waals surface area contributed by atoms with E-state index in [0.717, 1.165) is 19.4 Å². The van der Waals surface area contributed by atoms with Gasteiger partial charge in [0.15, 0.2) is 0 Å². The maximum atomic E-state index is 12.6. The zero-order valence-electron chi connectivity index (χ0n) is 12.2. The van der Waals surface area contributed by atoms with Gasteiger partial charge in [0.1, 0.15) is 5.75 Å². The summed E-state index contributed by atoms with van der Waals surface area (Å²) in [5, 5.41) is 3.53. The number of hydrogen-bond donors (Lipinski definition) is 2. The van der Waals surface area contributed by atoms with Gasteiger partial charge in [0.2, 0.25) is 10.0 Å². The minimum atomic E-state index is -3.65. The third-order valence-corrected chi connectivity index (χ3v) is 6.31. The van der Waals surface area contributed by atoms with Gasteiger partial charge < -0.3 is 10.1 Å². The van der Waals surface area contributed by atoms with Gasteiger partial charge in [-0.1, -0.05) is 11.6 Å². The summed E-state index contributed by atoms with van der Waals surface area (Å²) in [6, 6.07) is 2.92. The second-order valence-corrected chi connectivity index (χ2v) is 7.97. The molecule has 0 saturated carbocycles. The van der Waals surface area contributed by atoms with Gasteiger partial charge in [0.05, 0.1) is 17.0 Å². The molecule has 0 spiro atoms. The predicted octanol–water partition coefficient (Wildman–Crippen LogP) is 2.95. The maximum Gasteiger partial charge on any atom is 0.242 e. The van der Waals surface area contributed by atoms with Crippen molar-refractivity contribution in [2.75, 3.05) is 13.7 Å². The molecule has 2 atom stereocenters. The molecule has 1 heterocycles. The summed E-state index contributed by atoms with van der Waals surface area (Å²) in [7, 11) is -2.17. The van der Waals surface area contributed by atoms with Crippen molar-refractivity contribution in [1.82, 2.24) is 10.0 Å². The summed E-state index contributed by atoms with van der Waals surface area (Å²) in [5.41, 5.74) is 0. The molecule has 22 heavy (non-hydrogen) atoms. The van der Waals surface area contributed by atoms with E-state index >= 15 is 0 Å². The van der Waals surface area contributed by atoms with E-state index in [-0.39, 0.29) is 34.4 Å². The Labute approximate surface area is 150 Å². The van der Waals surface area contributed by atoms with Crippen molar-refractivity contribution in [2.24, 2.45) is 0 Å². The number of piperidine rings is 1. The minimum Gasteiger partial charge on any atom is -0.495 e. The molecule has 2 unspecified atom stereocenters. The molecule has 126 valence electrons. The molecule has 5 nitrogen and oxygen atoms in total. The van der Waals surface area contributed by atoms with Gasteiger partial charge in [-0.2, -0.15) is 0 Å². The molecule has 1 aromatic rings. The van der Waals surface area contributed by atoms with Crippen LogP contribution >= 0.6 is 39.9 Å². The Hall–Kier alpha value is -0.0500. The number of hydrogen-bond acceptors (Lipinski definition) is 4. The molecule has 0 radical (unpaired) electrons. The van der Waals surface area contributed by atoms with Gasteiger partial charge in [-0.25, -0.2) is 13.1 Å². The number of halogens is 3. The molecule has 1 aliphatic heterocycles. The van der Waals surface area contributed by atoms with Crippen molar-refractivity contribution in [3.63, 3.8) is 0 Å². The second-order valence-electron chi connectivity index (χ2n) is 5.03. The number of nitrogens with one attached hydrogen (secondary N) is 2. The predicted molar refractivity (Wildman–Crippen MR) is 93.8 cm³/mol. The second kappa shape index (κ2) is 8.17. The fraction of sp³-hybridized carbons (Fsp3) is 0.538. The first-order chi connectivity index (χ1) is 9.85. The van der Waals surface area contributed by atoms with Crippen LogP contribution in [0, 0.1) is 0 Å². The van der Waals surface area contributed by atoms with Gasteiger partial charge in [0.25, 0.3) is 0 Å². The molecular weight excluding hydrogens is 415 g/mol. The van der Waals surface area contributed by atoms with Gasteiger partial charge in [0, 0.05) is 16.6 Å². The lowest BCUT2D eigenvalue weighted by Gasteiger charge is -2.30. The first kappa shape index (κ1) is 20.0. The molecule has 1 aliphatic rings. The first-order valence-electron chi connectivity index (χ1n) is 6.64. The zero-order chi connectivity index (χ0) is 15.6. The number of sulfonamides is 1. The number of ether oxygens (including phenoxy) is 1. The highest BCUT2D eigenvalue weighted by Crippen LogP contribution is 2.33. The summed E-state index contributed by atoms with van der Waals surface area (Å²) in [6.07, 6.45) is 1.76. The van der Waals surface area contributed by atoms with Crippen LogP contribution in [0.15, 0.2) is 21.5 Å². The molecular formula is C13H19BrCl2N2O3S. The van der Waals surface area contributed by atoms with Gasteiger partial charge >= 0.3 is 0 Å². The van der Waals surface area contributed by atoms with E-state index in [2.05, 4.69) is 26.0 Å². The lowest BCUT2D eigenvalue weighted by molar-refractivity contribution is 0.348. The van der Waals surface area contributed by atoms with Crippen LogP contribution in [0.1, 0.15) is 19.8 Å². The monoisotopic (exact) mass is 432 g/mol. The van der Waals surface area contributed by atoms with E-state index in [1.54, 1.807) is 6.07 Å². The van der Waals surface area contributed by atoms with Crippen molar-refractivity contribution >= 4 is 50.0 Å². The van der Waals surface area contributed by atoms with Crippen LogP contribution < -0.4 is 14.8 Å². The highest BCUT2D eigenvalue weighted by Gasteiger charge is 2.28. The molecule has 0 aromatic heterocycles. The van der Waals surface area contributed by atoms with Crippen molar-refractivity contribution in [3.8, 4) is 5.75 Å². The molecule has 0 bridgehead atoms. The Morgan fingerprint density at radius 2 is 2.14 bits per heavy atom. The Bertz CT molecular complexity index is 628. The first-order valence-corrected chi connectivity index (χ1v) is 9.29. The third kappa shape index (κ3) is 4.49. The van der Waals surface area contributed by atoms with Crippen molar-refractivity contribution in [3.05, 3.63) is 21.6 Å². The average molecular weight is 434 g/mol. The molecule has 9 heteroatoms. The maximum absolute atomic E-state index is 12.6. The average Bonchev–Trinajstić information content (AvgIpc) is 2.43. The number of benzene rings is 1. The summed E-state index contributed by atoms with van der Waals surface area (Å²) < 4.78 is 33.3. The lowest BCUT2D eigenvalue weighted by Crippen LogP contribution is -2.51. The van der Waals surface area contributed by atoms with Crippen LogP contribution in [0.25, 0.3) is 0 Å². The molecule has 2 N–H and O–H groups in total. The van der Waals surface area contributed by atoms with E-state index < -0.39 is 10.0 Å². The largest absolute Gasteiger partial charge is 0.495 e. The van der Waals surface area contributed by atoms with Crippen molar-refractivity contribution in [1.29, 1.82) is 0 Å². The zero-order valence-corrected chi connectivity index (χ0v) is 16.2. The fourth-order valence-electron chi connectivity index (χ4n) is 2.34. The normalized spacial score (nSPS) is 22.0. The quantitative estimate of drug-likeness (QED) is 0.765. The molecule has 1 fully saturated rings. The van der Waals surface area contributed by atoms with Crippen LogP contribution in [-0.4, -0.2) is 34.2 Å². The molecule has 2 rings (SSSR count). The summed E-state index contributed by atoms with van der Waals surface area (Å²) in [5.74, 6) is 0.426. The highest BCUT2D eigenvalue weighted by atomic mass is 79.9. The molecule has 0 aliphatic carbocycles. The van der Waals surface area contributed by atoms with Gasteiger partial charge in [-0.3, -0.25) is 0 Å². The Morgan fingerprint density at radius 3 is 2.73 bits per heavy atom. The highest BCUT2D eigenvalue weighted by molar-refractivity contribution is 9.10. The van der Waals surface area contributed by atoms with E-state index in [1.165, 1.54) is 13.2 Å². The van der Waals surface area contributed by atoms with Crippen molar-refractivity contribution in [2.45, 2.75) is 36.7 Å². The Kier molecular flexibility index (Phi) is 7.42. The third-order valence-electron chi connectivity index (χ3n) is 3.56. The molecule has 1 aromatic carbocycles. The molecule has 0 amide bonds. The van der Waals surface area contributed by atoms with Crippen LogP contribution in [0.3, 0.4) is 0 Å². The van der Waals surface area contributed by atoms with E-state index in [0.29, 0.717) is 10.2 Å². The van der Waals surface area contributed by atoms with Crippen LogP contribution in [0.5, 0.6) is 5.75 Å². The standard InChI is InChI=1S/C13H18BrClN2O3S.ClH/c1-8-11(4-3-5-16-8)17-21(18,19)13-7-10(15)12(20-2)6-9(13)14;/h6-8,11,16-17H,3-5H2,1-2H3;1H.